The van der Waals surface area contributed by atoms with E-state index in [4.69, 9.17) is 9.53 Å². The molecule has 4 rings (SSSR count). The van der Waals surface area contributed by atoms with Crippen LogP contribution in [0.5, 0.6) is 11.5 Å². The molecular weight excluding hydrogens is 384 g/mol. The lowest BCUT2D eigenvalue weighted by atomic mass is 10.1. The molecule has 4 aromatic rings. The number of benzene rings is 4. The average Bonchev–Trinajstić information content (AvgIpc) is 2.75. The standard InChI is InChI=1S/C15H18OSi.C12H10O/c1-17(2,3)16-15-11-9-14(10-12-15)13-7-5-4-6-8-13;13-12-8-6-11(7-9-12)10-4-2-1-3-5-10/h4-12H,1-3H3;1-9,13H. The van der Waals surface area contributed by atoms with Crippen LogP contribution in [0.4, 0.5) is 0 Å². The van der Waals surface area contributed by atoms with Crippen LogP contribution in [-0.2, 0) is 0 Å². The van der Waals surface area contributed by atoms with Crippen LogP contribution in [0, 0.1) is 0 Å². The van der Waals surface area contributed by atoms with Crippen LogP contribution in [0.1, 0.15) is 0 Å². The number of phenols is 1. The van der Waals surface area contributed by atoms with Gasteiger partial charge in [0.1, 0.15) is 11.5 Å². The second-order valence-corrected chi connectivity index (χ2v) is 12.4. The fourth-order valence-electron chi connectivity index (χ4n) is 2.98. The van der Waals surface area contributed by atoms with Crippen LogP contribution >= 0.6 is 0 Å². The summed E-state index contributed by atoms with van der Waals surface area (Å²) in [4.78, 5) is 0. The summed E-state index contributed by atoms with van der Waals surface area (Å²) < 4.78 is 5.93. The summed E-state index contributed by atoms with van der Waals surface area (Å²) in [6.07, 6.45) is 0. The van der Waals surface area contributed by atoms with Gasteiger partial charge in [-0.1, -0.05) is 84.9 Å². The Hall–Kier alpha value is -3.30. The van der Waals surface area contributed by atoms with E-state index in [-0.39, 0.29) is 0 Å². The van der Waals surface area contributed by atoms with Gasteiger partial charge in [-0.05, 0) is 66.2 Å². The molecule has 0 spiro atoms. The smallest absolute Gasteiger partial charge is 0.242 e. The van der Waals surface area contributed by atoms with Gasteiger partial charge in [0.2, 0.25) is 8.32 Å². The van der Waals surface area contributed by atoms with Gasteiger partial charge >= 0.3 is 0 Å². The lowest BCUT2D eigenvalue weighted by molar-refractivity contribution is 0.475. The van der Waals surface area contributed by atoms with Crippen molar-refractivity contribution in [2.45, 2.75) is 19.6 Å². The van der Waals surface area contributed by atoms with Gasteiger partial charge in [-0.15, -0.1) is 0 Å². The highest BCUT2D eigenvalue weighted by molar-refractivity contribution is 6.70. The second-order valence-electron chi connectivity index (χ2n) is 8.02. The highest BCUT2D eigenvalue weighted by Gasteiger charge is 2.15. The van der Waals surface area contributed by atoms with Crippen molar-refractivity contribution in [1.82, 2.24) is 0 Å². The number of aromatic hydroxyl groups is 1. The van der Waals surface area contributed by atoms with E-state index in [1.165, 1.54) is 16.7 Å². The first-order valence-corrected chi connectivity index (χ1v) is 13.5. The van der Waals surface area contributed by atoms with E-state index in [1.54, 1.807) is 12.1 Å². The number of hydrogen-bond donors (Lipinski definition) is 1. The van der Waals surface area contributed by atoms with E-state index in [0.29, 0.717) is 5.75 Å². The van der Waals surface area contributed by atoms with Crippen molar-refractivity contribution in [1.29, 1.82) is 0 Å². The normalized spacial score (nSPS) is 10.6. The van der Waals surface area contributed by atoms with Crippen molar-refractivity contribution < 1.29 is 9.53 Å². The molecule has 0 aliphatic rings. The first-order chi connectivity index (χ1) is 14.4. The summed E-state index contributed by atoms with van der Waals surface area (Å²) in [5.74, 6) is 1.28. The summed E-state index contributed by atoms with van der Waals surface area (Å²) in [6.45, 7) is 6.58. The maximum Gasteiger partial charge on any atom is 0.242 e. The molecule has 30 heavy (non-hydrogen) atoms. The van der Waals surface area contributed by atoms with Crippen LogP contribution in [0.25, 0.3) is 22.3 Å². The van der Waals surface area contributed by atoms with Gasteiger partial charge in [-0.3, -0.25) is 0 Å². The molecule has 0 radical (unpaired) electrons. The largest absolute Gasteiger partial charge is 0.544 e. The van der Waals surface area contributed by atoms with Gasteiger partial charge in [0, 0.05) is 0 Å². The third-order valence-electron chi connectivity index (χ3n) is 4.36. The van der Waals surface area contributed by atoms with Crippen LogP contribution in [-0.4, -0.2) is 13.4 Å². The van der Waals surface area contributed by atoms with Crippen molar-refractivity contribution in [3.63, 3.8) is 0 Å². The highest BCUT2D eigenvalue weighted by atomic mass is 28.4. The molecule has 0 heterocycles. The summed E-state index contributed by atoms with van der Waals surface area (Å²) in [5.41, 5.74) is 4.77. The molecule has 0 aliphatic heterocycles. The SMILES string of the molecule is C[Si](C)(C)Oc1ccc(-c2ccccc2)cc1.Oc1ccc(-c2ccccc2)cc1. The van der Waals surface area contributed by atoms with Crippen LogP contribution in [0.15, 0.2) is 109 Å². The zero-order chi connectivity index (χ0) is 21.4. The second kappa shape index (κ2) is 9.95. The number of hydrogen-bond acceptors (Lipinski definition) is 2. The third-order valence-corrected chi connectivity index (χ3v) is 5.21. The Labute approximate surface area is 180 Å². The molecule has 0 aromatic heterocycles. The molecule has 0 aliphatic carbocycles. The molecule has 0 saturated carbocycles. The van der Waals surface area contributed by atoms with Gasteiger partial charge in [0.15, 0.2) is 0 Å². The van der Waals surface area contributed by atoms with E-state index in [9.17, 15) is 0 Å². The number of rotatable bonds is 4. The molecule has 0 amide bonds. The maximum absolute atomic E-state index is 9.10. The van der Waals surface area contributed by atoms with Crippen molar-refractivity contribution in [3.8, 4) is 33.8 Å². The molecular formula is C27H28O2Si. The van der Waals surface area contributed by atoms with E-state index >= 15 is 0 Å². The third kappa shape index (κ3) is 6.64. The monoisotopic (exact) mass is 412 g/mol. The van der Waals surface area contributed by atoms with Gasteiger partial charge in [0.25, 0.3) is 0 Å². The summed E-state index contributed by atoms with van der Waals surface area (Å²) in [6, 6.07) is 36.0. The van der Waals surface area contributed by atoms with Gasteiger partial charge in [0.05, 0.1) is 0 Å². The number of phenolic OH excluding ortho intramolecular Hbond substituents is 1. The first kappa shape index (κ1) is 21.4. The quantitative estimate of drug-likeness (QED) is 0.349. The molecule has 3 heteroatoms. The molecule has 0 fully saturated rings. The molecule has 1 N–H and O–H groups in total. The zero-order valence-corrected chi connectivity index (χ0v) is 18.7. The summed E-state index contributed by atoms with van der Waals surface area (Å²) in [7, 11) is -1.49. The van der Waals surface area contributed by atoms with Crippen molar-refractivity contribution >= 4 is 8.32 Å². The average molecular weight is 413 g/mol. The Morgan fingerprint density at radius 2 is 0.867 bits per heavy atom. The van der Waals surface area contributed by atoms with Crippen LogP contribution < -0.4 is 4.43 Å². The first-order valence-electron chi connectivity index (χ1n) is 10.1. The molecule has 152 valence electrons. The molecule has 0 saturated heterocycles. The van der Waals surface area contributed by atoms with Gasteiger partial charge in [-0.25, -0.2) is 0 Å². The van der Waals surface area contributed by atoms with E-state index in [0.717, 1.165) is 11.3 Å². The van der Waals surface area contributed by atoms with Crippen molar-refractivity contribution in [3.05, 3.63) is 109 Å². The molecule has 0 bridgehead atoms. The fraction of sp³-hybridized carbons (Fsp3) is 0.111. The Morgan fingerprint density at radius 1 is 0.500 bits per heavy atom. The Bertz CT molecular complexity index is 1020. The van der Waals surface area contributed by atoms with E-state index in [1.807, 2.05) is 48.5 Å². The predicted octanol–water partition coefficient (Wildman–Crippen LogP) is 7.63. The predicted molar refractivity (Wildman–Crippen MR) is 129 cm³/mol. The van der Waals surface area contributed by atoms with Crippen molar-refractivity contribution in [2.75, 3.05) is 0 Å². The molecule has 4 aromatic carbocycles. The summed E-state index contributed by atoms with van der Waals surface area (Å²) in [5, 5.41) is 9.10. The lowest BCUT2D eigenvalue weighted by Gasteiger charge is -2.19. The fourth-order valence-corrected chi connectivity index (χ4v) is 3.83. The minimum Gasteiger partial charge on any atom is -0.544 e. The maximum atomic E-state index is 9.10. The topological polar surface area (TPSA) is 29.5 Å². The van der Waals surface area contributed by atoms with Crippen LogP contribution in [0.2, 0.25) is 19.6 Å². The zero-order valence-electron chi connectivity index (χ0n) is 17.7. The Balaban J connectivity index is 0.000000177. The molecule has 0 atom stereocenters. The minimum absolute atomic E-state index is 0.305. The van der Waals surface area contributed by atoms with E-state index in [2.05, 4.69) is 68.2 Å². The molecule has 0 unspecified atom stereocenters. The Kier molecular flexibility index (Phi) is 7.10. The Morgan fingerprint density at radius 3 is 1.27 bits per heavy atom. The van der Waals surface area contributed by atoms with Gasteiger partial charge < -0.3 is 9.53 Å². The highest BCUT2D eigenvalue weighted by Crippen LogP contribution is 2.23. The van der Waals surface area contributed by atoms with Crippen LogP contribution in [0.3, 0.4) is 0 Å². The summed E-state index contributed by atoms with van der Waals surface area (Å²) >= 11 is 0. The van der Waals surface area contributed by atoms with Crippen molar-refractivity contribution in [2.24, 2.45) is 0 Å². The lowest BCUT2D eigenvalue weighted by Crippen LogP contribution is -2.29. The van der Waals surface area contributed by atoms with Gasteiger partial charge in [-0.2, -0.15) is 0 Å². The van der Waals surface area contributed by atoms with E-state index < -0.39 is 8.32 Å². The molecule has 2 nitrogen and oxygen atoms in total. The minimum atomic E-state index is -1.49.